The lowest BCUT2D eigenvalue weighted by Gasteiger charge is -2.15. The first kappa shape index (κ1) is 17.5. The number of benzene rings is 1. The summed E-state index contributed by atoms with van der Waals surface area (Å²) in [7, 11) is 4.81. The van der Waals surface area contributed by atoms with E-state index in [4.69, 9.17) is 14.2 Å². The number of aromatic nitrogens is 3. The lowest BCUT2D eigenvalue weighted by atomic mass is 10.1. The lowest BCUT2D eigenvalue weighted by molar-refractivity contribution is 0.324. The molecule has 1 N–H and O–H groups in total. The van der Waals surface area contributed by atoms with Crippen molar-refractivity contribution in [3.05, 3.63) is 36.3 Å². The van der Waals surface area contributed by atoms with Crippen LogP contribution in [0.5, 0.6) is 17.2 Å². The SMILES string of the molecule is COc1cc(Nc2ccc3nnc(C4CCCC4)n3c2)cc(OC)c1OC. The van der Waals surface area contributed by atoms with Crippen LogP contribution in [0.3, 0.4) is 0 Å². The number of methoxy groups -OCH3 is 3. The standard InChI is InChI=1S/C20H24N4O3/c1-25-16-10-15(11-17(26-2)19(16)27-3)21-14-8-9-18-22-23-20(24(18)12-14)13-6-4-5-7-13/h8-13,21H,4-7H2,1-3H3. The van der Waals surface area contributed by atoms with Gasteiger partial charge in [-0.05, 0) is 25.0 Å². The second-order valence-corrected chi connectivity index (χ2v) is 6.72. The van der Waals surface area contributed by atoms with E-state index in [1.165, 1.54) is 25.7 Å². The van der Waals surface area contributed by atoms with Crippen LogP contribution < -0.4 is 19.5 Å². The normalized spacial score (nSPS) is 14.5. The van der Waals surface area contributed by atoms with Gasteiger partial charge in [0.05, 0.1) is 27.0 Å². The number of hydrogen-bond acceptors (Lipinski definition) is 6. The third kappa shape index (κ3) is 3.25. The van der Waals surface area contributed by atoms with E-state index < -0.39 is 0 Å². The summed E-state index contributed by atoms with van der Waals surface area (Å²) >= 11 is 0. The fraction of sp³-hybridized carbons (Fsp3) is 0.400. The lowest BCUT2D eigenvalue weighted by Crippen LogP contribution is -2.02. The summed E-state index contributed by atoms with van der Waals surface area (Å²) in [6.45, 7) is 0. The Hall–Kier alpha value is -2.96. The molecule has 0 amide bonds. The van der Waals surface area contributed by atoms with Gasteiger partial charge in [-0.15, -0.1) is 10.2 Å². The van der Waals surface area contributed by atoms with E-state index in [2.05, 4.69) is 19.9 Å². The number of hydrogen-bond donors (Lipinski definition) is 1. The molecule has 7 nitrogen and oxygen atoms in total. The molecule has 1 aliphatic carbocycles. The summed E-state index contributed by atoms with van der Waals surface area (Å²) in [5.41, 5.74) is 2.66. The number of anilines is 2. The zero-order valence-electron chi connectivity index (χ0n) is 15.9. The van der Waals surface area contributed by atoms with Crippen molar-refractivity contribution in [2.45, 2.75) is 31.6 Å². The van der Waals surface area contributed by atoms with E-state index in [-0.39, 0.29) is 0 Å². The highest BCUT2D eigenvalue weighted by Gasteiger charge is 2.22. The van der Waals surface area contributed by atoms with Crippen molar-refractivity contribution in [1.82, 2.24) is 14.6 Å². The van der Waals surface area contributed by atoms with Gasteiger partial charge in [0.2, 0.25) is 5.75 Å². The first-order valence-corrected chi connectivity index (χ1v) is 9.15. The summed E-state index contributed by atoms with van der Waals surface area (Å²) in [5.74, 6) is 3.34. The van der Waals surface area contributed by atoms with Gasteiger partial charge in [-0.3, -0.25) is 4.40 Å². The van der Waals surface area contributed by atoms with Crippen molar-refractivity contribution in [3.8, 4) is 17.2 Å². The van der Waals surface area contributed by atoms with Crippen molar-refractivity contribution >= 4 is 17.0 Å². The number of nitrogens with zero attached hydrogens (tertiary/aromatic N) is 3. The summed E-state index contributed by atoms with van der Waals surface area (Å²) < 4.78 is 18.3. The zero-order valence-corrected chi connectivity index (χ0v) is 15.9. The maximum absolute atomic E-state index is 5.43. The topological polar surface area (TPSA) is 69.9 Å². The number of fused-ring (bicyclic) bond motifs is 1. The van der Waals surface area contributed by atoms with Gasteiger partial charge in [-0.25, -0.2) is 0 Å². The molecule has 0 bridgehead atoms. The molecule has 1 aliphatic rings. The van der Waals surface area contributed by atoms with Crippen molar-refractivity contribution in [1.29, 1.82) is 0 Å². The number of nitrogens with one attached hydrogen (secondary N) is 1. The van der Waals surface area contributed by atoms with Crippen LogP contribution in [0.1, 0.15) is 37.4 Å². The Morgan fingerprint density at radius 3 is 2.26 bits per heavy atom. The molecule has 0 unspecified atom stereocenters. The van der Waals surface area contributed by atoms with E-state index >= 15 is 0 Å². The van der Waals surface area contributed by atoms with Crippen LogP contribution in [0.4, 0.5) is 11.4 Å². The van der Waals surface area contributed by atoms with Gasteiger partial charge in [-0.2, -0.15) is 0 Å². The molecule has 0 spiro atoms. The Bertz CT molecular complexity index is 923. The highest BCUT2D eigenvalue weighted by Crippen LogP contribution is 2.40. The molecule has 0 aliphatic heterocycles. The molecule has 1 fully saturated rings. The van der Waals surface area contributed by atoms with Crippen LogP contribution in [-0.4, -0.2) is 35.9 Å². The van der Waals surface area contributed by atoms with Crippen LogP contribution >= 0.6 is 0 Å². The van der Waals surface area contributed by atoms with E-state index in [0.717, 1.165) is 22.8 Å². The summed E-state index contributed by atoms with van der Waals surface area (Å²) in [4.78, 5) is 0. The molecule has 27 heavy (non-hydrogen) atoms. The maximum Gasteiger partial charge on any atom is 0.203 e. The number of rotatable bonds is 6. The van der Waals surface area contributed by atoms with Gasteiger partial charge in [0.25, 0.3) is 0 Å². The molecule has 0 atom stereocenters. The van der Waals surface area contributed by atoms with Crippen molar-refractivity contribution < 1.29 is 14.2 Å². The van der Waals surface area contributed by atoms with E-state index in [1.54, 1.807) is 21.3 Å². The predicted molar refractivity (Wildman–Crippen MR) is 104 cm³/mol. The Kier molecular flexibility index (Phi) is 4.75. The van der Waals surface area contributed by atoms with Crippen molar-refractivity contribution in [2.75, 3.05) is 26.6 Å². The van der Waals surface area contributed by atoms with Crippen molar-refractivity contribution in [2.24, 2.45) is 0 Å². The average Bonchev–Trinajstić information content (AvgIpc) is 3.36. The average molecular weight is 368 g/mol. The fourth-order valence-corrected chi connectivity index (χ4v) is 3.76. The van der Waals surface area contributed by atoms with E-state index in [1.807, 2.05) is 30.5 Å². The summed E-state index contributed by atoms with van der Waals surface area (Å²) in [5, 5.41) is 12.2. The predicted octanol–water partition coefficient (Wildman–Crippen LogP) is 4.16. The Labute approximate surface area is 158 Å². The molecular weight excluding hydrogens is 344 g/mol. The van der Waals surface area contributed by atoms with E-state index in [9.17, 15) is 0 Å². The smallest absolute Gasteiger partial charge is 0.203 e. The van der Waals surface area contributed by atoms with Crippen molar-refractivity contribution in [3.63, 3.8) is 0 Å². The summed E-state index contributed by atoms with van der Waals surface area (Å²) in [6, 6.07) is 7.74. The highest BCUT2D eigenvalue weighted by molar-refractivity contribution is 5.68. The Morgan fingerprint density at radius 2 is 1.63 bits per heavy atom. The van der Waals surface area contributed by atoms with Gasteiger partial charge in [0, 0.05) is 29.9 Å². The zero-order chi connectivity index (χ0) is 18.8. The van der Waals surface area contributed by atoms with Crippen LogP contribution in [0.15, 0.2) is 30.5 Å². The highest BCUT2D eigenvalue weighted by atomic mass is 16.5. The molecule has 7 heteroatoms. The molecule has 4 rings (SSSR count). The molecule has 2 aromatic heterocycles. The number of pyridine rings is 1. The molecular formula is C20H24N4O3. The monoisotopic (exact) mass is 368 g/mol. The van der Waals surface area contributed by atoms with Gasteiger partial charge in [0.15, 0.2) is 17.1 Å². The first-order chi connectivity index (χ1) is 13.2. The largest absolute Gasteiger partial charge is 0.493 e. The second kappa shape index (κ2) is 7.34. The molecule has 0 radical (unpaired) electrons. The van der Waals surface area contributed by atoms with Crippen LogP contribution in [0, 0.1) is 0 Å². The minimum Gasteiger partial charge on any atom is -0.493 e. The minimum atomic E-state index is 0.497. The van der Waals surface area contributed by atoms with Crippen LogP contribution in [-0.2, 0) is 0 Å². The maximum atomic E-state index is 5.43. The van der Waals surface area contributed by atoms with Gasteiger partial charge in [-0.1, -0.05) is 12.8 Å². The van der Waals surface area contributed by atoms with Crippen LogP contribution in [0.25, 0.3) is 5.65 Å². The Balaban J connectivity index is 1.68. The molecule has 1 aromatic carbocycles. The molecule has 2 heterocycles. The molecule has 142 valence electrons. The Morgan fingerprint density at radius 1 is 0.926 bits per heavy atom. The quantitative estimate of drug-likeness (QED) is 0.705. The summed E-state index contributed by atoms with van der Waals surface area (Å²) in [6.07, 6.45) is 6.95. The third-order valence-electron chi connectivity index (χ3n) is 5.10. The van der Waals surface area contributed by atoms with E-state index in [0.29, 0.717) is 23.2 Å². The third-order valence-corrected chi connectivity index (χ3v) is 5.10. The second-order valence-electron chi connectivity index (χ2n) is 6.72. The van der Waals surface area contributed by atoms with Gasteiger partial charge >= 0.3 is 0 Å². The first-order valence-electron chi connectivity index (χ1n) is 9.15. The molecule has 0 saturated heterocycles. The minimum absolute atomic E-state index is 0.497. The van der Waals surface area contributed by atoms with Crippen LogP contribution in [0.2, 0.25) is 0 Å². The molecule has 3 aromatic rings. The molecule has 1 saturated carbocycles. The fourth-order valence-electron chi connectivity index (χ4n) is 3.76. The number of ether oxygens (including phenoxy) is 3. The van der Waals surface area contributed by atoms with Gasteiger partial charge < -0.3 is 19.5 Å². The van der Waals surface area contributed by atoms with Gasteiger partial charge in [0.1, 0.15) is 5.82 Å².